The van der Waals surface area contributed by atoms with Gasteiger partial charge in [-0.05, 0) is 17.2 Å². The van der Waals surface area contributed by atoms with Gasteiger partial charge >= 0.3 is 6.18 Å². The van der Waals surface area contributed by atoms with E-state index in [0.29, 0.717) is 6.42 Å². The van der Waals surface area contributed by atoms with E-state index in [4.69, 9.17) is 0 Å². The molecule has 1 aliphatic rings. The Morgan fingerprint density at radius 2 is 2.00 bits per heavy atom. The largest absolute Gasteiger partial charge is 0.431 e. The van der Waals surface area contributed by atoms with E-state index >= 15 is 0 Å². The highest BCUT2D eigenvalue weighted by atomic mass is 19.4. The van der Waals surface area contributed by atoms with Gasteiger partial charge in [0.05, 0.1) is 17.5 Å². The third kappa shape index (κ3) is 2.39. The summed E-state index contributed by atoms with van der Waals surface area (Å²) in [6.07, 6.45) is -3.48. The molecule has 0 unspecified atom stereocenters. The monoisotopic (exact) mass is 334 g/mol. The molecule has 0 saturated carbocycles. The predicted octanol–water partition coefficient (Wildman–Crippen LogP) is 3.05. The fourth-order valence-corrected chi connectivity index (χ4v) is 3.10. The van der Waals surface area contributed by atoms with Crippen LogP contribution in [0.3, 0.4) is 0 Å². The van der Waals surface area contributed by atoms with Crippen LogP contribution in [0.5, 0.6) is 0 Å². The maximum atomic E-state index is 12.9. The topological polar surface area (TPSA) is 73.8 Å². The molecule has 3 aromatic rings. The predicted molar refractivity (Wildman–Crippen MR) is 81.4 cm³/mol. The summed E-state index contributed by atoms with van der Waals surface area (Å²) in [4.78, 5) is 10.1. The molecule has 0 amide bonds. The molecular formula is C16H13F3N4O. The minimum Gasteiger partial charge on any atom is -0.390 e. The zero-order chi connectivity index (χ0) is 16.9. The Hall–Kier alpha value is -2.61. The SMILES string of the molecule is O[C@@H]1Cc2ccccc2[C@H]1Nc1ncnc2[nH]c(C(F)(F)F)cc12. The van der Waals surface area contributed by atoms with Gasteiger partial charge in [-0.1, -0.05) is 24.3 Å². The number of nitrogens with one attached hydrogen (secondary N) is 2. The van der Waals surface area contributed by atoms with Crippen molar-refractivity contribution in [3.63, 3.8) is 0 Å². The Balaban J connectivity index is 1.74. The third-order valence-corrected chi connectivity index (χ3v) is 4.23. The van der Waals surface area contributed by atoms with Crippen molar-refractivity contribution in [2.75, 3.05) is 5.32 Å². The summed E-state index contributed by atoms with van der Waals surface area (Å²) in [5.41, 5.74) is 1.15. The highest BCUT2D eigenvalue weighted by Gasteiger charge is 2.34. The van der Waals surface area contributed by atoms with Crippen LogP contribution in [0.15, 0.2) is 36.7 Å². The van der Waals surface area contributed by atoms with Crippen LogP contribution < -0.4 is 5.32 Å². The average molecular weight is 334 g/mol. The summed E-state index contributed by atoms with van der Waals surface area (Å²) in [7, 11) is 0. The molecule has 2 heterocycles. The van der Waals surface area contributed by atoms with Crippen LogP contribution in [-0.2, 0) is 12.6 Å². The van der Waals surface area contributed by atoms with Crippen molar-refractivity contribution < 1.29 is 18.3 Å². The number of halogens is 3. The Bertz CT molecular complexity index is 906. The smallest absolute Gasteiger partial charge is 0.390 e. The molecule has 0 bridgehead atoms. The maximum absolute atomic E-state index is 12.9. The Morgan fingerprint density at radius 3 is 2.79 bits per heavy atom. The second-order valence-electron chi connectivity index (χ2n) is 5.76. The molecule has 0 spiro atoms. The van der Waals surface area contributed by atoms with E-state index in [2.05, 4.69) is 20.3 Å². The molecule has 4 rings (SSSR count). The molecule has 1 aliphatic carbocycles. The number of rotatable bonds is 2. The summed E-state index contributed by atoms with van der Waals surface area (Å²) in [6, 6.07) is 8.11. The van der Waals surface area contributed by atoms with Crippen molar-refractivity contribution in [2.45, 2.75) is 24.7 Å². The van der Waals surface area contributed by atoms with Crippen molar-refractivity contribution in [1.82, 2.24) is 15.0 Å². The zero-order valence-corrected chi connectivity index (χ0v) is 12.3. The molecule has 3 N–H and O–H groups in total. The fourth-order valence-electron chi connectivity index (χ4n) is 3.10. The Morgan fingerprint density at radius 1 is 1.21 bits per heavy atom. The number of aromatic nitrogens is 3. The van der Waals surface area contributed by atoms with E-state index < -0.39 is 24.0 Å². The first kappa shape index (κ1) is 14.9. The van der Waals surface area contributed by atoms with Crippen LogP contribution in [-0.4, -0.2) is 26.2 Å². The van der Waals surface area contributed by atoms with Crippen LogP contribution in [0, 0.1) is 0 Å². The molecule has 2 aromatic heterocycles. The summed E-state index contributed by atoms with van der Waals surface area (Å²) < 4.78 is 38.6. The molecule has 8 heteroatoms. The fraction of sp³-hybridized carbons (Fsp3) is 0.250. The van der Waals surface area contributed by atoms with Crippen molar-refractivity contribution in [2.24, 2.45) is 0 Å². The number of alkyl halides is 3. The van der Waals surface area contributed by atoms with E-state index in [1.807, 2.05) is 24.3 Å². The Labute approximate surface area is 134 Å². The summed E-state index contributed by atoms with van der Waals surface area (Å²) in [5.74, 6) is 0.257. The zero-order valence-electron chi connectivity index (χ0n) is 12.3. The van der Waals surface area contributed by atoms with Gasteiger partial charge in [-0.3, -0.25) is 0 Å². The lowest BCUT2D eigenvalue weighted by atomic mass is 10.1. The van der Waals surface area contributed by atoms with Crippen molar-refractivity contribution in [1.29, 1.82) is 0 Å². The standard InChI is InChI=1S/C16H13F3N4O/c17-16(18,19)12-6-10-14(22-12)20-7-21-15(10)23-13-9-4-2-1-3-8(9)5-11(13)24/h1-4,6-7,11,13,24H,5H2,(H2,20,21,22,23)/t11-,13-/m1/s1. The normalized spacial score (nSPS) is 20.3. The van der Waals surface area contributed by atoms with Crippen LogP contribution in [0.4, 0.5) is 19.0 Å². The molecule has 124 valence electrons. The number of anilines is 1. The van der Waals surface area contributed by atoms with Gasteiger partial charge in [0.1, 0.15) is 23.5 Å². The molecule has 24 heavy (non-hydrogen) atoms. The summed E-state index contributed by atoms with van der Waals surface area (Å²) in [5, 5.41) is 13.6. The number of H-pyrrole nitrogens is 1. The highest BCUT2D eigenvalue weighted by molar-refractivity contribution is 5.88. The number of aliphatic hydroxyl groups is 1. The quantitative estimate of drug-likeness (QED) is 0.673. The maximum Gasteiger partial charge on any atom is 0.431 e. The molecule has 1 aromatic carbocycles. The van der Waals surface area contributed by atoms with E-state index in [1.54, 1.807) is 0 Å². The van der Waals surface area contributed by atoms with Gasteiger partial charge in [-0.25, -0.2) is 9.97 Å². The molecule has 0 fully saturated rings. The van der Waals surface area contributed by atoms with Crippen LogP contribution >= 0.6 is 0 Å². The van der Waals surface area contributed by atoms with Crippen LogP contribution in [0.2, 0.25) is 0 Å². The third-order valence-electron chi connectivity index (χ3n) is 4.23. The van der Waals surface area contributed by atoms with Gasteiger partial charge in [-0.2, -0.15) is 13.2 Å². The number of aromatic amines is 1. The van der Waals surface area contributed by atoms with Gasteiger partial charge in [-0.15, -0.1) is 0 Å². The molecule has 0 aliphatic heterocycles. The second kappa shape index (κ2) is 5.20. The minimum absolute atomic E-state index is 0.0978. The highest BCUT2D eigenvalue weighted by Crippen LogP contribution is 2.36. The van der Waals surface area contributed by atoms with Crippen LogP contribution in [0.1, 0.15) is 22.9 Å². The van der Waals surface area contributed by atoms with E-state index in [0.717, 1.165) is 17.2 Å². The van der Waals surface area contributed by atoms with Crippen LogP contribution in [0.25, 0.3) is 11.0 Å². The van der Waals surface area contributed by atoms with Gasteiger partial charge in [0.25, 0.3) is 0 Å². The molecule has 0 radical (unpaired) electrons. The van der Waals surface area contributed by atoms with Crippen molar-refractivity contribution >= 4 is 16.9 Å². The van der Waals surface area contributed by atoms with Gasteiger partial charge in [0.15, 0.2) is 0 Å². The molecule has 5 nitrogen and oxygen atoms in total. The lowest BCUT2D eigenvalue weighted by Gasteiger charge is -2.18. The number of hydrogen-bond donors (Lipinski definition) is 3. The van der Waals surface area contributed by atoms with E-state index in [-0.39, 0.29) is 16.9 Å². The molecule has 2 atom stereocenters. The van der Waals surface area contributed by atoms with Crippen molar-refractivity contribution in [3.8, 4) is 0 Å². The lowest BCUT2D eigenvalue weighted by molar-refractivity contribution is -0.140. The number of benzene rings is 1. The van der Waals surface area contributed by atoms with E-state index in [9.17, 15) is 18.3 Å². The lowest BCUT2D eigenvalue weighted by Crippen LogP contribution is -2.21. The number of fused-ring (bicyclic) bond motifs is 2. The second-order valence-corrected chi connectivity index (χ2v) is 5.76. The first-order chi connectivity index (χ1) is 11.4. The van der Waals surface area contributed by atoms with Gasteiger partial charge < -0.3 is 15.4 Å². The van der Waals surface area contributed by atoms with Crippen molar-refractivity contribution in [3.05, 3.63) is 53.5 Å². The minimum atomic E-state index is -4.49. The van der Waals surface area contributed by atoms with Gasteiger partial charge in [0, 0.05) is 6.42 Å². The van der Waals surface area contributed by atoms with E-state index in [1.165, 1.54) is 6.33 Å². The number of aliphatic hydroxyl groups excluding tert-OH is 1. The summed E-state index contributed by atoms with van der Waals surface area (Å²) in [6.45, 7) is 0. The summed E-state index contributed by atoms with van der Waals surface area (Å²) >= 11 is 0. The van der Waals surface area contributed by atoms with Gasteiger partial charge in [0.2, 0.25) is 0 Å². The Kier molecular flexibility index (Phi) is 3.24. The molecule has 0 saturated heterocycles. The number of nitrogens with zero attached hydrogens (tertiary/aromatic N) is 2. The first-order valence-corrected chi connectivity index (χ1v) is 7.37. The first-order valence-electron chi connectivity index (χ1n) is 7.37. The number of hydrogen-bond acceptors (Lipinski definition) is 4. The molecular weight excluding hydrogens is 321 g/mol. The average Bonchev–Trinajstić information content (AvgIpc) is 3.10.